The third kappa shape index (κ3) is 6.47. The van der Waals surface area contributed by atoms with Gasteiger partial charge in [-0.3, -0.25) is 19.3 Å². The van der Waals surface area contributed by atoms with Crippen LogP contribution in [0.5, 0.6) is 0 Å². The highest BCUT2D eigenvalue weighted by atomic mass is 19.4. The molecule has 3 amide bonds. The van der Waals surface area contributed by atoms with E-state index in [1.807, 2.05) is 0 Å². The van der Waals surface area contributed by atoms with Gasteiger partial charge in [-0.15, -0.1) is 0 Å². The number of fused-ring (bicyclic) bond motifs is 2. The molecule has 3 aliphatic rings. The van der Waals surface area contributed by atoms with Gasteiger partial charge in [-0.05, 0) is 0 Å². The number of halogens is 3. The maximum absolute atomic E-state index is 12.5. The molecule has 3 aliphatic heterocycles. The van der Waals surface area contributed by atoms with Gasteiger partial charge in [0.25, 0.3) is 0 Å². The molecular formula is C20H29F3N2O10. The van der Waals surface area contributed by atoms with Crippen LogP contribution in [0.4, 0.5) is 13.2 Å². The van der Waals surface area contributed by atoms with Gasteiger partial charge >= 0.3 is 12.1 Å². The maximum atomic E-state index is 12.5. The molecule has 0 aliphatic carbocycles. The van der Waals surface area contributed by atoms with Crippen LogP contribution in [0.15, 0.2) is 0 Å². The van der Waals surface area contributed by atoms with Crippen LogP contribution in [0.2, 0.25) is 0 Å². The maximum Gasteiger partial charge on any atom is 0.471 e. The fourth-order valence-electron chi connectivity index (χ4n) is 3.99. The summed E-state index contributed by atoms with van der Waals surface area (Å²) in [6.45, 7) is 2.24. The van der Waals surface area contributed by atoms with Crippen LogP contribution < -0.4 is 5.32 Å². The lowest BCUT2D eigenvalue weighted by Gasteiger charge is -2.42. The Hall–Kier alpha value is -1.88. The fraction of sp³-hybridized carbons (Fsp3) is 0.850. The van der Waals surface area contributed by atoms with E-state index in [2.05, 4.69) is 0 Å². The van der Waals surface area contributed by atoms with Gasteiger partial charge in [0.1, 0.15) is 23.9 Å². The zero-order chi connectivity index (χ0) is 25.8. The molecule has 12 nitrogen and oxygen atoms in total. The number of aliphatic hydroxyl groups excluding tert-OH is 2. The Bertz CT molecular complexity index is 785. The van der Waals surface area contributed by atoms with Gasteiger partial charge < -0.3 is 39.2 Å². The first-order valence-electron chi connectivity index (χ1n) is 11.1. The zero-order valence-corrected chi connectivity index (χ0v) is 19.0. The van der Waals surface area contributed by atoms with Crippen molar-refractivity contribution < 1.29 is 61.5 Å². The van der Waals surface area contributed by atoms with Crippen molar-refractivity contribution in [2.75, 3.05) is 52.8 Å². The summed E-state index contributed by atoms with van der Waals surface area (Å²) in [5, 5.41) is 22.2. The Labute approximate surface area is 198 Å². The Morgan fingerprint density at radius 1 is 1.14 bits per heavy atom. The van der Waals surface area contributed by atoms with Gasteiger partial charge in [0.05, 0.1) is 52.8 Å². The van der Waals surface area contributed by atoms with Gasteiger partial charge in [0.15, 0.2) is 6.29 Å². The smallest absolute Gasteiger partial charge is 0.388 e. The van der Waals surface area contributed by atoms with E-state index in [1.165, 1.54) is 4.90 Å². The Morgan fingerprint density at radius 2 is 1.77 bits per heavy atom. The Morgan fingerprint density at radius 3 is 2.37 bits per heavy atom. The predicted octanol–water partition coefficient (Wildman–Crippen LogP) is -1.67. The van der Waals surface area contributed by atoms with Crippen molar-refractivity contribution in [1.29, 1.82) is 0 Å². The van der Waals surface area contributed by atoms with E-state index < -0.39 is 42.2 Å². The number of imide groups is 1. The summed E-state index contributed by atoms with van der Waals surface area (Å²) in [6.07, 6.45) is -9.78. The molecule has 0 spiro atoms. The van der Waals surface area contributed by atoms with Crippen LogP contribution in [-0.4, -0.2) is 122 Å². The molecule has 0 aromatic carbocycles. The van der Waals surface area contributed by atoms with Crippen molar-refractivity contribution in [2.24, 2.45) is 5.92 Å². The topological polar surface area (TPSA) is 153 Å². The summed E-state index contributed by atoms with van der Waals surface area (Å²) >= 11 is 0. The van der Waals surface area contributed by atoms with Crippen molar-refractivity contribution in [2.45, 2.75) is 49.7 Å². The molecule has 3 rings (SSSR count). The van der Waals surface area contributed by atoms with E-state index in [1.54, 1.807) is 12.2 Å². The van der Waals surface area contributed by atoms with Crippen molar-refractivity contribution >= 4 is 17.7 Å². The number of carbonyl (C=O) groups excluding carboxylic acids is 3. The summed E-state index contributed by atoms with van der Waals surface area (Å²) < 4.78 is 64.3. The molecule has 35 heavy (non-hydrogen) atoms. The molecule has 1 unspecified atom stereocenters. The third-order valence-corrected chi connectivity index (χ3v) is 5.94. The number of hydrogen-bond acceptors (Lipinski definition) is 10. The number of nitrogens with zero attached hydrogens (tertiary/aromatic N) is 1. The van der Waals surface area contributed by atoms with Crippen molar-refractivity contribution in [1.82, 2.24) is 10.2 Å². The Kier molecular flexibility index (Phi) is 9.06. The molecule has 0 aromatic rings. The van der Waals surface area contributed by atoms with Gasteiger partial charge in [-0.1, -0.05) is 6.92 Å². The first-order chi connectivity index (χ1) is 16.5. The third-order valence-electron chi connectivity index (χ3n) is 5.94. The number of amides is 3. The van der Waals surface area contributed by atoms with Gasteiger partial charge in [0.2, 0.25) is 11.8 Å². The van der Waals surface area contributed by atoms with Crippen molar-refractivity contribution in [3.8, 4) is 0 Å². The number of rotatable bonds is 12. The van der Waals surface area contributed by atoms with Crippen molar-refractivity contribution in [3.05, 3.63) is 0 Å². The van der Waals surface area contributed by atoms with E-state index >= 15 is 0 Å². The highest BCUT2D eigenvalue weighted by Gasteiger charge is 2.60. The SMILES string of the molecule is CC1CC(=O)N(CCOCCOCCOC[C@@]23CO[C@@H](O2)[C@@H](NC(=O)C(F)(F)F)[C@@H](O)[C@H]3O)C1=O. The summed E-state index contributed by atoms with van der Waals surface area (Å²) in [6, 6.07) is -1.61. The van der Waals surface area contributed by atoms with E-state index in [0.29, 0.717) is 0 Å². The average molecular weight is 514 g/mol. The first kappa shape index (κ1) is 27.7. The molecule has 2 bridgehead atoms. The molecule has 3 fully saturated rings. The molecule has 3 heterocycles. The molecule has 0 radical (unpaired) electrons. The van der Waals surface area contributed by atoms with E-state index in [-0.39, 0.29) is 76.9 Å². The minimum atomic E-state index is -5.17. The number of ether oxygens (including phenoxy) is 5. The second-order valence-corrected chi connectivity index (χ2v) is 8.56. The number of nitrogens with one attached hydrogen (secondary N) is 1. The standard InChI is InChI=1S/C20H29F3N2O10/c1-11-8-12(26)25(16(11)29)2-3-31-4-5-32-6-7-33-9-19-10-34-17(35-19)13(14(27)15(19)28)24-18(30)20(21,22)23/h11,13-15,17,27-28H,2-10H2,1H3,(H,24,30)/t11?,13-,14+,15+,17-,19-/m0/s1. The predicted molar refractivity (Wildman–Crippen MR) is 107 cm³/mol. The molecule has 3 N–H and O–H groups in total. The number of likely N-dealkylation sites (tertiary alicyclic amines) is 1. The van der Waals surface area contributed by atoms with Crippen LogP contribution in [0.3, 0.4) is 0 Å². The molecule has 15 heteroatoms. The number of hydrogen-bond donors (Lipinski definition) is 3. The summed E-state index contributed by atoms with van der Waals surface area (Å²) in [5.74, 6) is -3.00. The van der Waals surface area contributed by atoms with Crippen molar-refractivity contribution in [3.63, 3.8) is 0 Å². The lowest BCUT2D eigenvalue weighted by molar-refractivity contribution is -0.240. The van der Waals surface area contributed by atoms with E-state index in [0.717, 1.165) is 0 Å². The minimum absolute atomic E-state index is 0.0709. The highest BCUT2D eigenvalue weighted by molar-refractivity contribution is 6.03. The second-order valence-electron chi connectivity index (χ2n) is 8.56. The van der Waals surface area contributed by atoms with Gasteiger partial charge in [0, 0.05) is 12.3 Å². The van der Waals surface area contributed by atoms with E-state index in [4.69, 9.17) is 23.7 Å². The summed E-state index contributed by atoms with van der Waals surface area (Å²) in [4.78, 5) is 35.8. The normalized spacial score (nSPS) is 33.0. The molecular weight excluding hydrogens is 485 g/mol. The first-order valence-corrected chi connectivity index (χ1v) is 11.1. The zero-order valence-electron chi connectivity index (χ0n) is 19.0. The summed E-state index contributed by atoms with van der Waals surface area (Å²) in [7, 11) is 0. The molecule has 3 saturated heterocycles. The molecule has 0 saturated carbocycles. The van der Waals surface area contributed by atoms with Gasteiger partial charge in [-0.2, -0.15) is 13.2 Å². The van der Waals surface area contributed by atoms with Crippen LogP contribution >= 0.6 is 0 Å². The van der Waals surface area contributed by atoms with Gasteiger partial charge in [-0.25, -0.2) is 0 Å². The second kappa shape index (κ2) is 11.5. The molecule has 6 atom stereocenters. The average Bonchev–Trinajstić information content (AvgIpc) is 3.30. The lowest BCUT2D eigenvalue weighted by Crippen LogP contribution is -2.67. The molecule has 200 valence electrons. The summed E-state index contributed by atoms with van der Waals surface area (Å²) in [5.41, 5.74) is -1.51. The number of carbonyl (C=O) groups is 3. The minimum Gasteiger partial charge on any atom is -0.388 e. The van der Waals surface area contributed by atoms with Crippen LogP contribution in [0, 0.1) is 5.92 Å². The number of alkyl halides is 3. The van der Waals surface area contributed by atoms with Crippen LogP contribution in [0.25, 0.3) is 0 Å². The quantitative estimate of drug-likeness (QED) is 0.203. The van der Waals surface area contributed by atoms with E-state index in [9.17, 15) is 37.8 Å². The Balaban J connectivity index is 1.28. The van der Waals surface area contributed by atoms with Crippen LogP contribution in [0.1, 0.15) is 13.3 Å². The largest absolute Gasteiger partial charge is 0.471 e. The highest BCUT2D eigenvalue weighted by Crippen LogP contribution is 2.37. The fourth-order valence-corrected chi connectivity index (χ4v) is 3.99. The van der Waals surface area contributed by atoms with Crippen LogP contribution in [-0.2, 0) is 38.1 Å². The monoisotopic (exact) mass is 514 g/mol. The lowest BCUT2D eigenvalue weighted by atomic mass is 9.88. The molecule has 0 aromatic heterocycles. The number of aliphatic hydroxyl groups is 2.